The zero-order chi connectivity index (χ0) is 23.7. The van der Waals surface area contributed by atoms with Gasteiger partial charge in [0, 0.05) is 12.1 Å². The smallest absolute Gasteiger partial charge is 0.278 e. The average molecular weight is 458 g/mol. The fourth-order valence-corrected chi connectivity index (χ4v) is 4.18. The quantitative estimate of drug-likeness (QED) is 0.627. The van der Waals surface area contributed by atoms with Gasteiger partial charge in [-0.25, -0.2) is 0 Å². The van der Waals surface area contributed by atoms with Crippen LogP contribution in [0.1, 0.15) is 56.4 Å². The van der Waals surface area contributed by atoms with E-state index in [9.17, 15) is 9.59 Å². The molecule has 1 aromatic carbocycles. The number of benzene rings is 1. The second kappa shape index (κ2) is 9.11. The highest BCUT2D eigenvalue weighted by molar-refractivity contribution is 6.74. The van der Waals surface area contributed by atoms with Gasteiger partial charge in [0.2, 0.25) is 5.43 Å². The van der Waals surface area contributed by atoms with Crippen LogP contribution in [-0.2, 0) is 17.6 Å². The molecular weight excluding hydrogens is 422 g/mol. The second-order valence-electron chi connectivity index (χ2n) is 10.0. The minimum atomic E-state index is -2.04. The van der Waals surface area contributed by atoms with Gasteiger partial charge in [0.25, 0.3) is 5.91 Å². The van der Waals surface area contributed by atoms with Crippen molar-refractivity contribution in [1.82, 2.24) is 9.58 Å². The number of amides is 1. The summed E-state index contributed by atoms with van der Waals surface area (Å²) in [5.74, 6) is -0.166. The van der Waals surface area contributed by atoms with Crippen LogP contribution >= 0.6 is 0 Å². The third kappa shape index (κ3) is 4.91. The topological polar surface area (TPSA) is 72.8 Å². The van der Waals surface area contributed by atoms with Gasteiger partial charge in [-0.3, -0.25) is 14.3 Å². The first-order chi connectivity index (χ1) is 14.9. The molecule has 1 aliphatic heterocycles. The minimum absolute atomic E-state index is 0.0204. The Hall–Kier alpha value is -2.58. The van der Waals surface area contributed by atoms with Crippen molar-refractivity contribution in [3.05, 3.63) is 63.6 Å². The third-order valence-corrected chi connectivity index (χ3v) is 10.8. The molecule has 0 radical (unpaired) electrons. The SMILES string of the molecule is CC(C)N1CNn2c(CO[Si](C)(C)C(C)(C)C)cc(=O)c(OCc3ccccc3)c2C1=O. The van der Waals surface area contributed by atoms with Crippen LogP contribution in [-0.4, -0.2) is 36.5 Å². The molecule has 2 aromatic rings. The van der Waals surface area contributed by atoms with Gasteiger partial charge < -0.3 is 19.5 Å². The van der Waals surface area contributed by atoms with E-state index in [0.29, 0.717) is 12.4 Å². The summed E-state index contributed by atoms with van der Waals surface area (Å²) >= 11 is 0. The van der Waals surface area contributed by atoms with E-state index in [2.05, 4.69) is 39.3 Å². The average Bonchev–Trinajstić information content (AvgIpc) is 2.71. The number of fused-ring (bicyclic) bond motifs is 1. The van der Waals surface area contributed by atoms with Gasteiger partial charge in [-0.1, -0.05) is 51.1 Å². The van der Waals surface area contributed by atoms with Crippen LogP contribution in [0.25, 0.3) is 0 Å². The van der Waals surface area contributed by atoms with Crippen LogP contribution in [0.3, 0.4) is 0 Å². The molecule has 1 aromatic heterocycles. The fourth-order valence-electron chi connectivity index (χ4n) is 3.23. The summed E-state index contributed by atoms with van der Waals surface area (Å²) in [4.78, 5) is 28.1. The van der Waals surface area contributed by atoms with Crippen molar-refractivity contribution in [2.75, 3.05) is 12.1 Å². The summed E-state index contributed by atoms with van der Waals surface area (Å²) in [5, 5.41) is 0.0362. The van der Waals surface area contributed by atoms with Gasteiger partial charge in [0.1, 0.15) is 13.3 Å². The maximum atomic E-state index is 13.4. The molecule has 8 heteroatoms. The zero-order valence-corrected chi connectivity index (χ0v) is 21.2. The molecule has 174 valence electrons. The number of hydrogen-bond acceptors (Lipinski definition) is 5. The lowest BCUT2D eigenvalue weighted by molar-refractivity contribution is 0.0665. The van der Waals surface area contributed by atoms with E-state index in [-0.39, 0.29) is 47.1 Å². The lowest BCUT2D eigenvalue weighted by Gasteiger charge is -2.38. The summed E-state index contributed by atoms with van der Waals surface area (Å²) in [5.41, 5.74) is 4.73. The van der Waals surface area contributed by atoms with E-state index >= 15 is 0 Å². The van der Waals surface area contributed by atoms with Crippen molar-refractivity contribution in [3.8, 4) is 5.75 Å². The number of carbonyl (C=O) groups excluding carboxylic acids is 1. The Morgan fingerprint density at radius 3 is 2.34 bits per heavy atom. The summed E-state index contributed by atoms with van der Waals surface area (Å²) in [7, 11) is -2.04. The Bertz CT molecular complexity index is 1030. The summed E-state index contributed by atoms with van der Waals surface area (Å²) < 4.78 is 14.0. The number of carbonyl (C=O) groups is 1. The van der Waals surface area contributed by atoms with Crippen molar-refractivity contribution in [2.24, 2.45) is 0 Å². The lowest BCUT2D eigenvalue weighted by atomic mass is 10.2. The van der Waals surface area contributed by atoms with Gasteiger partial charge in [-0.2, -0.15) is 0 Å². The van der Waals surface area contributed by atoms with Crippen LogP contribution in [0.4, 0.5) is 0 Å². The Morgan fingerprint density at radius 2 is 1.75 bits per heavy atom. The first kappa shape index (κ1) is 24.1. The predicted octanol–water partition coefficient (Wildman–Crippen LogP) is 4.31. The zero-order valence-electron chi connectivity index (χ0n) is 20.2. The summed E-state index contributed by atoms with van der Waals surface area (Å²) in [6, 6.07) is 11.1. The number of rotatable bonds is 7. The van der Waals surface area contributed by atoms with E-state index in [1.807, 2.05) is 44.2 Å². The number of hydrogen-bond donors (Lipinski definition) is 1. The first-order valence-corrected chi connectivity index (χ1v) is 14.0. The van der Waals surface area contributed by atoms with Crippen molar-refractivity contribution < 1.29 is 14.0 Å². The molecular formula is C24H35N3O4Si. The molecule has 0 aliphatic carbocycles. The molecule has 0 saturated heterocycles. The molecule has 0 unspecified atom stereocenters. The molecule has 32 heavy (non-hydrogen) atoms. The molecule has 2 heterocycles. The molecule has 3 rings (SSSR count). The second-order valence-corrected chi connectivity index (χ2v) is 14.8. The van der Waals surface area contributed by atoms with Crippen molar-refractivity contribution >= 4 is 14.2 Å². The van der Waals surface area contributed by atoms with E-state index in [1.165, 1.54) is 6.07 Å². The van der Waals surface area contributed by atoms with Crippen LogP contribution in [0.2, 0.25) is 18.1 Å². The maximum Gasteiger partial charge on any atom is 0.278 e. The maximum absolute atomic E-state index is 13.4. The molecule has 0 spiro atoms. The molecule has 0 fully saturated rings. The Labute approximate surface area is 191 Å². The number of pyridine rings is 1. The molecule has 7 nitrogen and oxygen atoms in total. The normalized spacial score (nSPS) is 14.4. The third-order valence-electron chi connectivity index (χ3n) is 6.35. The van der Waals surface area contributed by atoms with Gasteiger partial charge in [-0.05, 0) is 37.5 Å². The molecule has 0 bridgehead atoms. The standard InChI is InChI=1S/C24H35N3O4Si/c1-17(2)26-16-25-27-19(15-31-32(6,7)24(3,4)5)13-20(28)22(21(27)23(26)29)30-14-18-11-9-8-10-12-18/h8-13,17,25H,14-16H2,1-7H3. The Kier molecular flexibility index (Phi) is 6.85. The predicted molar refractivity (Wildman–Crippen MR) is 129 cm³/mol. The summed E-state index contributed by atoms with van der Waals surface area (Å²) in [6.07, 6.45) is 0. The molecule has 1 amide bonds. The number of aromatic nitrogens is 1. The molecule has 1 aliphatic rings. The lowest BCUT2D eigenvalue weighted by Crippen LogP contribution is -2.50. The summed E-state index contributed by atoms with van der Waals surface area (Å²) in [6.45, 7) is 15.5. The van der Waals surface area contributed by atoms with Crippen LogP contribution in [0, 0.1) is 0 Å². The number of ether oxygens (including phenoxy) is 1. The largest absolute Gasteiger partial charge is 0.482 e. The molecule has 0 saturated carbocycles. The van der Waals surface area contributed by atoms with Gasteiger partial charge in [-0.15, -0.1) is 0 Å². The van der Waals surface area contributed by atoms with Crippen LogP contribution in [0.15, 0.2) is 41.2 Å². The molecule has 0 atom stereocenters. The molecule has 1 N–H and O–H groups in total. The van der Waals surface area contributed by atoms with E-state index in [1.54, 1.807) is 9.58 Å². The monoisotopic (exact) mass is 457 g/mol. The van der Waals surface area contributed by atoms with E-state index in [0.717, 1.165) is 5.56 Å². The van der Waals surface area contributed by atoms with Gasteiger partial charge >= 0.3 is 0 Å². The fraction of sp³-hybridized carbons (Fsp3) is 0.500. The first-order valence-electron chi connectivity index (χ1n) is 11.1. The highest BCUT2D eigenvalue weighted by atomic mass is 28.4. The van der Waals surface area contributed by atoms with Crippen molar-refractivity contribution in [1.29, 1.82) is 0 Å². The van der Waals surface area contributed by atoms with Crippen LogP contribution < -0.4 is 15.6 Å². The van der Waals surface area contributed by atoms with Crippen LogP contribution in [0.5, 0.6) is 5.75 Å². The Morgan fingerprint density at radius 1 is 1.09 bits per heavy atom. The van der Waals surface area contributed by atoms with E-state index < -0.39 is 8.32 Å². The van der Waals surface area contributed by atoms with Gasteiger partial charge in [0.15, 0.2) is 19.8 Å². The minimum Gasteiger partial charge on any atom is -0.482 e. The van der Waals surface area contributed by atoms with Crippen molar-refractivity contribution in [3.63, 3.8) is 0 Å². The number of nitrogens with one attached hydrogen (secondary N) is 1. The number of nitrogens with zero attached hydrogens (tertiary/aromatic N) is 2. The van der Waals surface area contributed by atoms with Gasteiger partial charge in [0.05, 0.1) is 12.3 Å². The van der Waals surface area contributed by atoms with Crippen molar-refractivity contribution in [2.45, 2.75) is 72.0 Å². The highest BCUT2D eigenvalue weighted by Gasteiger charge is 2.38. The van der Waals surface area contributed by atoms with E-state index in [4.69, 9.17) is 9.16 Å². The highest BCUT2D eigenvalue weighted by Crippen LogP contribution is 2.37. The Balaban J connectivity index is 2.00.